The Labute approximate surface area is 100 Å². The lowest BCUT2D eigenvalue weighted by atomic mass is 10.2. The predicted octanol–water partition coefficient (Wildman–Crippen LogP) is 4.41. The van der Waals surface area contributed by atoms with Crippen LogP contribution in [0.1, 0.15) is 24.3 Å². The molecule has 1 aromatic heterocycles. The van der Waals surface area contributed by atoms with E-state index in [1.807, 2.05) is 44.2 Å². The van der Waals surface area contributed by atoms with Crippen LogP contribution in [0.15, 0.2) is 41.0 Å². The topological polar surface area (TPSA) is 25.2 Å². The van der Waals surface area contributed by atoms with E-state index in [2.05, 4.69) is 5.32 Å². The molecule has 0 spiro atoms. The second-order valence-electron chi connectivity index (χ2n) is 3.86. The summed E-state index contributed by atoms with van der Waals surface area (Å²) < 4.78 is 5.33. The van der Waals surface area contributed by atoms with Gasteiger partial charge in [0, 0.05) is 0 Å². The SMILES string of the molecule is Cc1ccc(Cl)c(NC(C)c2ccco2)c1. The maximum Gasteiger partial charge on any atom is 0.125 e. The second kappa shape index (κ2) is 4.62. The summed E-state index contributed by atoms with van der Waals surface area (Å²) in [7, 11) is 0. The fraction of sp³-hybridized carbons (Fsp3) is 0.231. The molecular formula is C13H14ClNO. The molecule has 0 fully saturated rings. The molecule has 2 aromatic rings. The number of furan rings is 1. The van der Waals surface area contributed by atoms with Crippen molar-refractivity contribution in [2.75, 3.05) is 5.32 Å². The molecule has 1 heterocycles. The van der Waals surface area contributed by atoms with Crippen LogP contribution in [-0.4, -0.2) is 0 Å². The first-order chi connectivity index (χ1) is 7.66. The Bertz CT molecular complexity index is 465. The summed E-state index contributed by atoms with van der Waals surface area (Å²) in [4.78, 5) is 0. The number of halogens is 1. The van der Waals surface area contributed by atoms with E-state index in [4.69, 9.17) is 16.0 Å². The van der Waals surface area contributed by atoms with Crippen LogP contribution in [-0.2, 0) is 0 Å². The average molecular weight is 236 g/mol. The van der Waals surface area contributed by atoms with Gasteiger partial charge < -0.3 is 9.73 Å². The predicted molar refractivity (Wildman–Crippen MR) is 66.9 cm³/mol. The zero-order valence-corrected chi connectivity index (χ0v) is 10.1. The summed E-state index contributed by atoms with van der Waals surface area (Å²) in [6.07, 6.45) is 1.67. The largest absolute Gasteiger partial charge is 0.467 e. The maximum absolute atomic E-state index is 6.11. The highest BCUT2D eigenvalue weighted by Gasteiger charge is 2.09. The number of anilines is 1. The highest BCUT2D eigenvalue weighted by molar-refractivity contribution is 6.33. The number of nitrogens with one attached hydrogen (secondary N) is 1. The van der Waals surface area contributed by atoms with Crippen LogP contribution in [0.4, 0.5) is 5.69 Å². The molecule has 1 aromatic carbocycles. The molecule has 0 aliphatic heterocycles. The Balaban J connectivity index is 2.17. The molecular weight excluding hydrogens is 222 g/mol. The normalized spacial score (nSPS) is 12.4. The number of hydrogen-bond donors (Lipinski definition) is 1. The lowest BCUT2D eigenvalue weighted by molar-refractivity contribution is 0.490. The molecule has 0 saturated carbocycles. The number of aryl methyl sites for hydroxylation is 1. The number of benzene rings is 1. The van der Waals surface area contributed by atoms with Gasteiger partial charge in [-0.05, 0) is 43.7 Å². The van der Waals surface area contributed by atoms with Gasteiger partial charge in [0.05, 0.1) is 23.0 Å². The fourth-order valence-electron chi connectivity index (χ4n) is 1.59. The third-order valence-corrected chi connectivity index (χ3v) is 2.79. The van der Waals surface area contributed by atoms with Gasteiger partial charge in [-0.25, -0.2) is 0 Å². The Morgan fingerprint density at radius 1 is 1.31 bits per heavy atom. The molecule has 3 heteroatoms. The van der Waals surface area contributed by atoms with E-state index in [0.717, 1.165) is 16.5 Å². The molecule has 2 rings (SSSR count). The monoisotopic (exact) mass is 235 g/mol. The molecule has 0 aliphatic rings. The molecule has 0 saturated heterocycles. The van der Waals surface area contributed by atoms with Crippen molar-refractivity contribution in [3.63, 3.8) is 0 Å². The first-order valence-corrected chi connectivity index (χ1v) is 5.60. The highest BCUT2D eigenvalue weighted by atomic mass is 35.5. The molecule has 0 bridgehead atoms. The first kappa shape index (κ1) is 11.1. The van der Waals surface area contributed by atoms with Gasteiger partial charge >= 0.3 is 0 Å². The standard InChI is InChI=1S/C13H14ClNO/c1-9-5-6-11(14)12(8-9)15-10(2)13-4-3-7-16-13/h3-8,10,15H,1-2H3. The van der Waals surface area contributed by atoms with Crippen LogP contribution in [0, 0.1) is 6.92 Å². The van der Waals surface area contributed by atoms with Crippen LogP contribution >= 0.6 is 11.6 Å². The Hall–Kier alpha value is -1.41. The summed E-state index contributed by atoms with van der Waals surface area (Å²) in [5.74, 6) is 0.901. The van der Waals surface area contributed by atoms with Crippen LogP contribution in [0.3, 0.4) is 0 Å². The van der Waals surface area contributed by atoms with E-state index >= 15 is 0 Å². The minimum Gasteiger partial charge on any atom is -0.467 e. The van der Waals surface area contributed by atoms with Gasteiger partial charge in [-0.1, -0.05) is 17.7 Å². The van der Waals surface area contributed by atoms with Crippen molar-refractivity contribution in [2.45, 2.75) is 19.9 Å². The Kier molecular flexibility index (Phi) is 3.20. The van der Waals surface area contributed by atoms with E-state index < -0.39 is 0 Å². The number of hydrogen-bond acceptors (Lipinski definition) is 2. The zero-order chi connectivity index (χ0) is 11.5. The third kappa shape index (κ3) is 2.39. The van der Waals surface area contributed by atoms with Gasteiger partial charge in [0.1, 0.15) is 5.76 Å². The van der Waals surface area contributed by atoms with Gasteiger partial charge in [0.15, 0.2) is 0 Å². The highest BCUT2D eigenvalue weighted by Crippen LogP contribution is 2.27. The molecule has 1 unspecified atom stereocenters. The average Bonchev–Trinajstić information content (AvgIpc) is 2.76. The van der Waals surface area contributed by atoms with Gasteiger partial charge in [-0.15, -0.1) is 0 Å². The van der Waals surface area contributed by atoms with Crippen molar-refractivity contribution in [1.82, 2.24) is 0 Å². The quantitative estimate of drug-likeness (QED) is 0.852. The summed E-state index contributed by atoms with van der Waals surface area (Å²) in [6, 6.07) is 9.85. The fourth-order valence-corrected chi connectivity index (χ4v) is 1.76. The summed E-state index contributed by atoms with van der Waals surface area (Å²) >= 11 is 6.11. The van der Waals surface area contributed by atoms with Crippen LogP contribution in [0.2, 0.25) is 5.02 Å². The molecule has 0 amide bonds. The minimum absolute atomic E-state index is 0.106. The van der Waals surface area contributed by atoms with Crippen molar-refractivity contribution in [2.24, 2.45) is 0 Å². The first-order valence-electron chi connectivity index (χ1n) is 5.23. The smallest absolute Gasteiger partial charge is 0.125 e. The van der Waals surface area contributed by atoms with E-state index in [9.17, 15) is 0 Å². The summed E-state index contributed by atoms with van der Waals surface area (Å²) in [5, 5.41) is 4.05. The lowest BCUT2D eigenvalue weighted by Crippen LogP contribution is -2.06. The lowest BCUT2D eigenvalue weighted by Gasteiger charge is -2.14. The van der Waals surface area contributed by atoms with Gasteiger partial charge in [0.2, 0.25) is 0 Å². The molecule has 0 radical (unpaired) electrons. The van der Waals surface area contributed by atoms with E-state index in [1.54, 1.807) is 6.26 Å². The van der Waals surface area contributed by atoms with E-state index in [0.29, 0.717) is 0 Å². The molecule has 16 heavy (non-hydrogen) atoms. The van der Waals surface area contributed by atoms with Gasteiger partial charge in [-0.3, -0.25) is 0 Å². The van der Waals surface area contributed by atoms with Crippen molar-refractivity contribution in [3.05, 3.63) is 52.9 Å². The number of rotatable bonds is 3. The Morgan fingerprint density at radius 3 is 2.81 bits per heavy atom. The van der Waals surface area contributed by atoms with Crippen LogP contribution in [0.25, 0.3) is 0 Å². The van der Waals surface area contributed by atoms with Crippen molar-refractivity contribution in [3.8, 4) is 0 Å². The second-order valence-corrected chi connectivity index (χ2v) is 4.27. The summed E-state index contributed by atoms with van der Waals surface area (Å²) in [5.41, 5.74) is 2.11. The molecule has 84 valence electrons. The van der Waals surface area contributed by atoms with Crippen LogP contribution in [0.5, 0.6) is 0 Å². The van der Waals surface area contributed by atoms with Gasteiger partial charge in [0.25, 0.3) is 0 Å². The zero-order valence-electron chi connectivity index (χ0n) is 9.33. The Morgan fingerprint density at radius 2 is 2.12 bits per heavy atom. The minimum atomic E-state index is 0.106. The van der Waals surface area contributed by atoms with Crippen molar-refractivity contribution < 1.29 is 4.42 Å². The molecule has 1 atom stereocenters. The molecule has 2 nitrogen and oxygen atoms in total. The van der Waals surface area contributed by atoms with Gasteiger partial charge in [-0.2, -0.15) is 0 Å². The van der Waals surface area contributed by atoms with Crippen molar-refractivity contribution >= 4 is 17.3 Å². The van der Waals surface area contributed by atoms with E-state index in [-0.39, 0.29) is 6.04 Å². The molecule has 1 N–H and O–H groups in total. The third-order valence-electron chi connectivity index (χ3n) is 2.46. The van der Waals surface area contributed by atoms with E-state index in [1.165, 1.54) is 5.56 Å². The molecule has 0 aliphatic carbocycles. The van der Waals surface area contributed by atoms with Crippen molar-refractivity contribution in [1.29, 1.82) is 0 Å². The maximum atomic E-state index is 6.11. The van der Waals surface area contributed by atoms with Crippen LogP contribution < -0.4 is 5.32 Å². The summed E-state index contributed by atoms with van der Waals surface area (Å²) in [6.45, 7) is 4.08.